The predicted octanol–water partition coefficient (Wildman–Crippen LogP) is 4.35. The minimum atomic E-state index is -0.809. The number of nitrogens with zero attached hydrogens (tertiary/aromatic N) is 2. The number of fused-ring (bicyclic) bond motifs is 1. The first-order valence-electron chi connectivity index (χ1n) is 8.48. The van der Waals surface area contributed by atoms with Crippen molar-refractivity contribution in [1.82, 2.24) is 15.1 Å². The van der Waals surface area contributed by atoms with E-state index in [-0.39, 0.29) is 54.5 Å². The lowest BCUT2D eigenvalue weighted by atomic mass is 10.0. The van der Waals surface area contributed by atoms with Gasteiger partial charge in [0, 0.05) is 30.4 Å². The van der Waals surface area contributed by atoms with Gasteiger partial charge in [0.2, 0.25) is 0 Å². The Bertz CT molecular complexity index is 772. The van der Waals surface area contributed by atoms with Gasteiger partial charge in [-0.25, -0.2) is 8.78 Å². The van der Waals surface area contributed by atoms with Crippen LogP contribution in [0.1, 0.15) is 18.5 Å². The van der Waals surface area contributed by atoms with Crippen molar-refractivity contribution in [2.45, 2.75) is 25.8 Å². The van der Waals surface area contributed by atoms with Crippen LogP contribution in [0.2, 0.25) is 0 Å². The van der Waals surface area contributed by atoms with Crippen molar-refractivity contribution in [3.05, 3.63) is 35.7 Å². The van der Waals surface area contributed by atoms with E-state index in [4.69, 9.17) is 0 Å². The maximum atomic E-state index is 14.6. The topological polar surface area (TPSA) is 41.9 Å². The lowest BCUT2D eigenvalue weighted by Gasteiger charge is -2.17. The second-order valence-corrected chi connectivity index (χ2v) is 7.08. The highest BCUT2D eigenvalue weighted by Gasteiger charge is 2.37. The van der Waals surface area contributed by atoms with Crippen LogP contribution in [0.3, 0.4) is 0 Å². The third-order valence-electron chi connectivity index (χ3n) is 5.40. The molecule has 0 radical (unpaired) electrons. The van der Waals surface area contributed by atoms with Crippen LogP contribution < -0.4 is 10.6 Å². The first-order chi connectivity index (χ1) is 11.5. The SMILES string of the molecule is Cc1nn(C)cc1-c1ccc(NC2C[C@H]3CNC[C@H]3C2)c(F)c1F.Cl.Cl.Cl. The molecular weight excluding hydrogens is 417 g/mol. The second-order valence-electron chi connectivity index (χ2n) is 7.08. The first-order valence-corrected chi connectivity index (χ1v) is 8.48. The second kappa shape index (κ2) is 9.41. The molecule has 27 heavy (non-hydrogen) atoms. The average molecular weight is 442 g/mol. The summed E-state index contributed by atoms with van der Waals surface area (Å²) < 4.78 is 30.7. The fraction of sp³-hybridized carbons (Fsp3) is 0.500. The van der Waals surface area contributed by atoms with Crippen molar-refractivity contribution in [2.24, 2.45) is 18.9 Å². The van der Waals surface area contributed by atoms with Crippen LogP contribution in [0.4, 0.5) is 14.5 Å². The summed E-state index contributed by atoms with van der Waals surface area (Å²) in [4.78, 5) is 0. The number of hydrogen-bond acceptors (Lipinski definition) is 3. The lowest BCUT2D eigenvalue weighted by Crippen LogP contribution is -2.21. The number of benzene rings is 1. The van der Waals surface area contributed by atoms with E-state index in [1.54, 1.807) is 37.0 Å². The summed E-state index contributed by atoms with van der Waals surface area (Å²) in [7, 11) is 1.77. The average Bonchev–Trinajstić information content (AvgIpc) is 3.19. The Balaban J connectivity index is 0.00000121. The molecule has 152 valence electrons. The van der Waals surface area contributed by atoms with E-state index in [0.29, 0.717) is 23.1 Å². The minimum absolute atomic E-state index is 0. The number of halogens is 5. The van der Waals surface area contributed by atoms with Crippen molar-refractivity contribution in [2.75, 3.05) is 18.4 Å². The van der Waals surface area contributed by atoms with Crippen LogP contribution in [0.5, 0.6) is 0 Å². The smallest absolute Gasteiger partial charge is 0.182 e. The summed E-state index contributed by atoms with van der Waals surface area (Å²) in [5, 5.41) is 10.8. The zero-order valence-corrected chi connectivity index (χ0v) is 17.6. The van der Waals surface area contributed by atoms with Crippen LogP contribution in [0, 0.1) is 30.4 Å². The number of anilines is 1. The Morgan fingerprint density at radius 2 is 1.67 bits per heavy atom. The number of nitrogens with one attached hydrogen (secondary N) is 2. The van der Waals surface area contributed by atoms with Gasteiger partial charge in [-0.2, -0.15) is 5.10 Å². The van der Waals surface area contributed by atoms with E-state index in [0.717, 1.165) is 25.9 Å². The molecule has 4 nitrogen and oxygen atoms in total. The van der Waals surface area contributed by atoms with Crippen LogP contribution in [0.25, 0.3) is 11.1 Å². The number of hydrogen-bond donors (Lipinski definition) is 2. The zero-order valence-electron chi connectivity index (χ0n) is 15.2. The van der Waals surface area contributed by atoms with E-state index in [1.807, 2.05) is 0 Å². The molecule has 2 aromatic rings. The van der Waals surface area contributed by atoms with Crippen molar-refractivity contribution >= 4 is 42.9 Å². The maximum absolute atomic E-state index is 14.6. The fourth-order valence-corrected chi connectivity index (χ4v) is 4.24. The van der Waals surface area contributed by atoms with Gasteiger partial charge in [0.25, 0.3) is 0 Å². The molecule has 1 aliphatic heterocycles. The molecule has 2 heterocycles. The number of aryl methyl sites for hydroxylation is 2. The van der Waals surface area contributed by atoms with Gasteiger partial charge in [-0.3, -0.25) is 4.68 Å². The number of rotatable bonds is 3. The van der Waals surface area contributed by atoms with Gasteiger partial charge in [-0.1, -0.05) is 0 Å². The monoisotopic (exact) mass is 440 g/mol. The number of aromatic nitrogens is 2. The predicted molar refractivity (Wildman–Crippen MR) is 112 cm³/mol. The lowest BCUT2D eigenvalue weighted by molar-refractivity contribution is 0.494. The third-order valence-corrected chi connectivity index (χ3v) is 5.40. The van der Waals surface area contributed by atoms with E-state index >= 15 is 0 Å². The molecular formula is C18H25Cl3F2N4. The molecule has 0 bridgehead atoms. The maximum Gasteiger partial charge on any atom is 0.182 e. The highest BCUT2D eigenvalue weighted by molar-refractivity contribution is 5.86. The summed E-state index contributed by atoms with van der Waals surface area (Å²) in [6.45, 7) is 3.88. The molecule has 0 amide bonds. The third kappa shape index (κ3) is 4.50. The quantitative estimate of drug-likeness (QED) is 0.744. The van der Waals surface area contributed by atoms with Gasteiger partial charge in [-0.15, -0.1) is 37.2 Å². The highest BCUT2D eigenvalue weighted by Crippen LogP contribution is 2.37. The van der Waals surface area contributed by atoms with Gasteiger partial charge in [0.15, 0.2) is 11.6 Å². The van der Waals surface area contributed by atoms with Crippen LogP contribution >= 0.6 is 37.2 Å². The molecule has 2 aliphatic rings. The molecule has 1 unspecified atom stereocenters. The van der Waals surface area contributed by atoms with Gasteiger partial charge in [0.05, 0.1) is 11.4 Å². The van der Waals surface area contributed by atoms with E-state index in [1.165, 1.54) is 0 Å². The Kier molecular flexibility index (Phi) is 8.35. The normalized spacial score (nSPS) is 23.0. The van der Waals surface area contributed by atoms with Crippen molar-refractivity contribution in [3.63, 3.8) is 0 Å². The molecule has 2 fully saturated rings. The van der Waals surface area contributed by atoms with Crippen molar-refractivity contribution < 1.29 is 8.78 Å². The standard InChI is InChI=1S/C18H22F2N4.3ClH/c1-10-15(9-24(2)23-10)14-3-4-16(18(20)17(14)19)22-13-5-11-7-21-8-12(11)6-13;;;/h3-4,9,11-13,21-22H,5-8H2,1-2H3;3*1H/t11-,12+,13?;;;. The summed E-state index contributed by atoms with van der Waals surface area (Å²) >= 11 is 0. The van der Waals surface area contributed by atoms with Crippen molar-refractivity contribution in [1.29, 1.82) is 0 Å². The Hall–Kier alpha value is -1.08. The van der Waals surface area contributed by atoms with Gasteiger partial charge in [-0.05, 0) is 56.8 Å². The minimum Gasteiger partial charge on any atom is -0.380 e. The molecule has 3 atom stereocenters. The van der Waals surface area contributed by atoms with Crippen LogP contribution in [-0.2, 0) is 7.05 Å². The first kappa shape index (κ1) is 24.0. The molecule has 0 spiro atoms. The van der Waals surface area contributed by atoms with Gasteiger partial charge < -0.3 is 10.6 Å². The van der Waals surface area contributed by atoms with Gasteiger partial charge >= 0.3 is 0 Å². The zero-order chi connectivity index (χ0) is 16.8. The van der Waals surface area contributed by atoms with E-state index in [9.17, 15) is 8.78 Å². The Morgan fingerprint density at radius 3 is 2.22 bits per heavy atom. The summed E-state index contributed by atoms with van der Waals surface area (Å²) in [6.07, 6.45) is 3.75. The molecule has 1 saturated heterocycles. The highest BCUT2D eigenvalue weighted by atomic mass is 35.5. The van der Waals surface area contributed by atoms with E-state index in [2.05, 4.69) is 15.7 Å². The van der Waals surface area contributed by atoms with Crippen LogP contribution in [0.15, 0.2) is 18.3 Å². The Labute approximate surface area is 176 Å². The Morgan fingerprint density at radius 1 is 1.04 bits per heavy atom. The summed E-state index contributed by atoms with van der Waals surface area (Å²) in [6, 6.07) is 3.51. The molecule has 1 saturated carbocycles. The largest absolute Gasteiger partial charge is 0.380 e. The van der Waals surface area contributed by atoms with Gasteiger partial charge in [0.1, 0.15) is 0 Å². The summed E-state index contributed by atoms with van der Waals surface area (Å²) in [5.74, 6) is -0.289. The van der Waals surface area contributed by atoms with Crippen LogP contribution in [-0.4, -0.2) is 28.9 Å². The molecule has 4 rings (SSSR count). The molecule has 1 aromatic heterocycles. The van der Waals surface area contributed by atoms with E-state index < -0.39 is 11.6 Å². The molecule has 1 aromatic carbocycles. The summed E-state index contributed by atoms with van der Waals surface area (Å²) in [5.41, 5.74) is 1.83. The fourth-order valence-electron chi connectivity index (χ4n) is 4.24. The van der Waals surface area contributed by atoms with Crippen molar-refractivity contribution in [3.8, 4) is 11.1 Å². The molecule has 9 heteroatoms. The molecule has 1 aliphatic carbocycles. The molecule has 2 N–H and O–H groups in total.